The summed E-state index contributed by atoms with van der Waals surface area (Å²) >= 11 is 0. The number of benzene rings is 1. The lowest BCUT2D eigenvalue weighted by Crippen LogP contribution is -2.08. The third-order valence-corrected chi connectivity index (χ3v) is 2.75. The largest absolute Gasteiger partial charge is 0.398 e. The molecule has 1 aromatic heterocycles. The van der Waals surface area contributed by atoms with E-state index in [2.05, 4.69) is 4.98 Å². The molecule has 0 aliphatic rings. The second-order valence-corrected chi connectivity index (χ2v) is 4.04. The third kappa shape index (κ3) is 2.57. The molecule has 1 aromatic carbocycles. The molecule has 0 spiro atoms. The Kier molecular flexibility index (Phi) is 3.43. The number of nitrogens with two attached hydrogens (primary N) is 2. The Labute approximate surface area is 104 Å². The van der Waals surface area contributed by atoms with Crippen molar-refractivity contribution in [2.24, 2.45) is 0 Å². The number of pyridine rings is 1. The molecular formula is C13H14FN3O. The van der Waals surface area contributed by atoms with Gasteiger partial charge in [-0.3, -0.25) is 0 Å². The van der Waals surface area contributed by atoms with Gasteiger partial charge in [-0.1, -0.05) is 6.07 Å². The van der Waals surface area contributed by atoms with Crippen LogP contribution in [0.2, 0.25) is 0 Å². The molecule has 0 aliphatic carbocycles. The molecule has 1 heterocycles. The van der Waals surface area contributed by atoms with Crippen molar-refractivity contribution in [1.82, 2.24) is 4.98 Å². The van der Waals surface area contributed by atoms with Gasteiger partial charge in [0.05, 0.1) is 6.10 Å². The van der Waals surface area contributed by atoms with Crippen molar-refractivity contribution in [2.45, 2.75) is 12.5 Å². The van der Waals surface area contributed by atoms with Crippen LogP contribution < -0.4 is 11.5 Å². The van der Waals surface area contributed by atoms with E-state index in [1.807, 2.05) is 0 Å². The van der Waals surface area contributed by atoms with Crippen LogP contribution in [0.1, 0.15) is 17.2 Å². The molecule has 5 N–H and O–H groups in total. The number of anilines is 2. The zero-order chi connectivity index (χ0) is 13.1. The zero-order valence-corrected chi connectivity index (χ0v) is 9.68. The van der Waals surface area contributed by atoms with Gasteiger partial charge in [-0.05, 0) is 29.8 Å². The van der Waals surface area contributed by atoms with E-state index in [9.17, 15) is 9.50 Å². The fraction of sp³-hybridized carbons (Fsp3) is 0.154. The Morgan fingerprint density at radius 1 is 1.28 bits per heavy atom. The molecule has 4 nitrogen and oxygen atoms in total. The molecule has 0 fully saturated rings. The highest BCUT2D eigenvalue weighted by atomic mass is 19.1. The Morgan fingerprint density at radius 2 is 2.06 bits per heavy atom. The predicted octanol–water partition coefficient (Wildman–Crippen LogP) is 1.66. The van der Waals surface area contributed by atoms with Gasteiger partial charge in [0.25, 0.3) is 0 Å². The Morgan fingerprint density at radius 3 is 2.78 bits per heavy atom. The van der Waals surface area contributed by atoms with Crippen LogP contribution in [-0.4, -0.2) is 10.1 Å². The van der Waals surface area contributed by atoms with E-state index in [1.165, 1.54) is 18.2 Å². The van der Waals surface area contributed by atoms with Gasteiger partial charge in [-0.25, -0.2) is 9.37 Å². The van der Waals surface area contributed by atoms with Gasteiger partial charge >= 0.3 is 0 Å². The molecule has 0 saturated heterocycles. The van der Waals surface area contributed by atoms with Gasteiger partial charge in [0, 0.05) is 23.9 Å². The van der Waals surface area contributed by atoms with Crippen molar-refractivity contribution >= 4 is 11.5 Å². The van der Waals surface area contributed by atoms with E-state index in [0.717, 1.165) is 0 Å². The van der Waals surface area contributed by atoms with E-state index < -0.39 is 11.9 Å². The van der Waals surface area contributed by atoms with Crippen molar-refractivity contribution in [3.63, 3.8) is 0 Å². The Balaban J connectivity index is 2.25. The number of aliphatic hydroxyl groups is 1. The minimum Gasteiger partial charge on any atom is -0.398 e. The molecule has 0 bridgehead atoms. The van der Waals surface area contributed by atoms with Crippen LogP contribution in [-0.2, 0) is 6.42 Å². The van der Waals surface area contributed by atoms with Gasteiger partial charge in [-0.2, -0.15) is 0 Å². The van der Waals surface area contributed by atoms with Gasteiger partial charge in [0.15, 0.2) is 0 Å². The van der Waals surface area contributed by atoms with Crippen molar-refractivity contribution in [3.05, 3.63) is 53.5 Å². The normalized spacial score (nSPS) is 12.3. The molecule has 1 atom stereocenters. The van der Waals surface area contributed by atoms with Crippen molar-refractivity contribution < 1.29 is 9.50 Å². The first-order valence-corrected chi connectivity index (χ1v) is 5.50. The summed E-state index contributed by atoms with van der Waals surface area (Å²) in [6.45, 7) is 0. The SMILES string of the molecule is Nc1ccc(F)cc1C(O)Cc1cccnc1N. The first kappa shape index (κ1) is 12.3. The molecule has 94 valence electrons. The molecule has 0 saturated carbocycles. The lowest BCUT2D eigenvalue weighted by atomic mass is 10.0. The van der Waals surface area contributed by atoms with Crippen molar-refractivity contribution in [3.8, 4) is 0 Å². The molecule has 0 radical (unpaired) electrons. The first-order valence-electron chi connectivity index (χ1n) is 5.50. The molecular weight excluding hydrogens is 233 g/mol. The van der Waals surface area contributed by atoms with Crippen LogP contribution in [0.25, 0.3) is 0 Å². The fourth-order valence-corrected chi connectivity index (χ4v) is 1.78. The number of nitrogen functional groups attached to an aromatic ring is 2. The van der Waals surface area contributed by atoms with Crippen LogP contribution in [0.5, 0.6) is 0 Å². The number of aromatic nitrogens is 1. The predicted molar refractivity (Wildman–Crippen MR) is 68.1 cm³/mol. The quantitative estimate of drug-likeness (QED) is 0.720. The molecule has 0 aliphatic heterocycles. The summed E-state index contributed by atoms with van der Waals surface area (Å²) in [5, 5.41) is 10.1. The lowest BCUT2D eigenvalue weighted by Gasteiger charge is -2.14. The number of hydrogen-bond acceptors (Lipinski definition) is 4. The first-order chi connectivity index (χ1) is 8.58. The summed E-state index contributed by atoms with van der Waals surface area (Å²) in [4.78, 5) is 3.93. The summed E-state index contributed by atoms with van der Waals surface area (Å²) in [6, 6.07) is 7.41. The lowest BCUT2D eigenvalue weighted by molar-refractivity contribution is 0.179. The molecule has 5 heteroatoms. The number of nitrogens with zero attached hydrogens (tertiary/aromatic N) is 1. The fourth-order valence-electron chi connectivity index (χ4n) is 1.78. The van der Waals surface area contributed by atoms with Crippen molar-refractivity contribution in [1.29, 1.82) is 0 Å². The van der Waals surface area contributed by atoms with Crippen molar-refractivity contribution in [2.75, 3.05) is 11.5 Å². The van der Waals surface area contributed by atoms with Crippen LogP contribution in [0, 0.1) is 5.82 Å². The second-order valence-electron chi connectivity index (χ2n) is 4.04. The maximum Gasteiger partial charge on any atom is 0.126 e. The Hall–Kier alpha value is -2.14. The molecule has 1 unspecified atom stereocenters. The summed E-state index contributed by atoms with van der Waals surface area (Å²) < 4.78 is 13.1. The van der Waals surface area contributed by atoms with Gasteiger partial charge < -0.3 is 16.6 Å². The van der Waals surface area contributed by atoms with E-state index in [0.29, 0.717) is 22.6 Å². The summed E-state index contributed by atoms with van der Waals surface area (Å²) in [5.74, 6) is -0.0797. The minimum atomic E-state index is -0.910. The maximum atomic E-state index is 13.1. The zero-order valence-electron chi connectivity index (χ0n) is 9.68. The Bertz CT molecular complexity index is 560. The van der Waals surface area contributed by atoms with E-state index in [4.69, 9.17) is 11.5 Å². The molecule has 2 aromatic rings. The number of hydrogen-bond donors (Lipinski definition) is 3. The van der Waals surface area contributed by atoms with Gasteiger partial charge in [-0.15, -0.1) is 0 Å². The highest BCUT2D eigenvalue weighted by Gasteiger charge is 2.14. The standard InChI is InChI=1S/C13H14FN3O/c14-9-3-4-11(15)10(7-9)12(18)6-8-2-1-5-17-13(8)16/h1-5,7,12,18H,6,15H2,(H2,16,17). The van der Waals surface area contributed by atoms with Crippen LogP contribution in [0.15, 0.2) is 36.5 Å². The third-order valence-electron chi connectivity index (χ3n) is 2.75. The average Bonchev–Trinajstić information content (AvgIpc) is 2.35. The van der Waals surface area contributed by atoms with Crippen LogP contribution in [0.4, 0.5) is 15.9 Å². The second kappa shape index (κ2) is 5.01. The molecule has 0 amide bonds. The van der Waals surface area contributed by atoms with Crippen LogP contribution in [0.3, 0.4) is 0 Å². The highest BCUT2D eigenvalue weighted by Crippen LogP contribution is 2.25. The molecule has 2 rings (SSSR count). The number of halogens is 1. The maximum absolute atomic E-state index is 13.1. The molecule has 18 heavy (non-hydrogen) atoms. The number of aliphatic hydroxyl groups excluding tert-OH is 1. The monoisotopic (exact) mass is 247 g/mol. The summed E-state index contributed by atoms with van der Waals surface area (Å²) in [7, 11) is 0. The van der Waals surface area contributed by atoms with E-state index >= 15 is 0 Å². The smallest absolute Gasteiger partial charge is 0.126 e. The van der Waals surface area contributed by atoms with Gasteiger partial charge in [0.1, 0.15) is 11.6 Å². The topological polar surface area (TPSA) is 85.2 Å². The average molecular weight is 247 g/mol. The van der Waals surface area contributed by atoms with Gasteiger partial charge in [0.2, 0.25) is 0 Å². The van der Waals surface area contributed by atoms with E-state index in [1.54, 1.807) is 18.3 Å². The van der Waals surface area contributed by atoms with Crippen LogP contribution >= 0.6 is 0 Å². The summed E-state index contributed by atoms with van der Waals surface area (Å²) in [6.07, 6.45) is 0.905. The minimum absolute atomic E-state index is 0.243. The summed E-state index contributed by atoms with van der Waals surface area (Å²) in [5.41, 5.74) is 12.8. The highest BCUT2D eigenvalue weighted by molar-refractivity contribution is 5.49. The number of rotatable bonds is 3. The van der Waals surface area contributed by atoms with E-state index in [-0.39, 0.29) is 6.42 Å².